The molecule has 5 rings (SSSR count). The number of aliphatic hydroxyl groups excluding tert-OH is 2. The number of rotatable bonds is 14. The van der Waals surface area contributed by atoms with Gasteiger partial charge in [0.1, 0.15) is 0 Å². The smallest absolute Gasteiger partial charge is 0.171 e. The molecule has 1 fully saturated rings. The minimum Gasteiger partial charge on any atom is -0.395 e. The molecule has 0 aromatic heterocycles. The van der Waals surface area contributed by atoms with Crippen LogP contribution in [0.4, 0.5) is 11.4 Å². The Balaban J connectivity index is 1.24. The van der Waals surface area contributed by atoms with E-state index in [2.05, 4.69) is 16.0 Å². The lowest BCUT2D eigenvalue weighted by molar-refractivity contribution is 0.0223. The first-order chi connectivity index (χ1) is 21.0. The molecular formula is C35H37N3O5. The minimum atomic E-state index is -0.806. The Morgan fingerprint density at radius 3 is 1.42 bits per heavy atom. The summed E-state index contributed by atoms with van der Waals surface area (Å²) < 4.78 is 6.28. The second-order valence-electron chi connectivity index (χ2n) is 10.5. The van der Waals surface area contributed by atoms with E-state index in [0.29, 0.717) is 37.4 Å². The first kappa shape index (κ1) is 30.1. The maximum Gasteiger partial charge on any atom is 0.171 e. The van der Waals surface area contributed by atoms with Crippen molar-refractivity contribution in [1.82, 2.24) is 5.32 Å². The van der Waals surface area contributed by atoms with Crippen LogP contribution in [0.25, 0.3) is 0 Å². The van der Waals surface area contributed by atoms with E-state index in [0.717, 1.165) is 33.6 Å². The number of hydrogen-bond donors (Lipinski definition) is 5. The molecule has 4 aromatic carbocycles. The number of nitrogens with one attached hydrogen (secondary N) is 3. The standard InChI is InChI=1S/C35H37N3O5/c39-20-17-36-31-13-5-27(6-14-31)33(41)23-25-1-9-29(10-2-25)35(38-19-22-43-35)30-11-3-26(4-12-30)24-34(42)28-7-15-32(16-8-28)37-18-21-40/h1-16,36-40H,17-24H2. The van der Waals surface area contributed by atoms with Gasteiger partial charge < -0.3 is 25.6 Å². The molecule has 0 unspecified atom stereocenters. The van der Waals surface area contributed by atoms with E-state index in [1.807, 2.05) is 72.8 Å². The highest BCUT2D eigenvalue weighted by Gasteiger charge is 2.38. The number of benzene rings is 4. The van der Waals surface area contributed by atoms with Crippen molar-refractivity contribution in [2.45, 2.75) is 18.6 Å². The molecule has 1 heterocycles. The lowest BCUT2D eigenvalue weighted by atomic mass is 9.91. The number of carbonyl (C=O) groups excluding carboxylic acids is 2. The third-order valence-electron chi connectivity index (χ3n) is 7.54. The molecule has 222 valence electrons. The minimum absolute atomic E-state index is 0.0332. The third-order valence-corrected chi connectivity index (χ3v) is 7.54. The van der Waals surface area contributed by atoms with Crippen LogP contribution in [0.3, 0.4) is 0 Å². The van der Waals surface area contributed by atoms with Crippen LogP contribution in [0.2, 0.25) is 0 Å². The Kier molecular flexibility index (Phi) is 9.96. The fourth-order valence-corrected chi connectivity index (χ4v) is 5.26. The Morgan fingerprint density at radius 2 is 1.07 bits per heavy atom. The van der Waals surface area contributed by atoms with Gasteiger partial charge in [0, 0.05) is 66.1 Å². The van der Waals surface area contributed by atoms with Crippen LogP contribution in [0, 0.1) is 0 Å². The Bertz CT molecular complexity index is 1380. The molecule has 4 aromatic rings. The molecule has 43 heavy (non-hydrogen) atoms. The summed E-state index contributed by atoms with van der Waals surface area (Å²) in [6.07, 6.45) is 0.575. The molecule has 5 N–H and O–H groups in total. The highest BCUT2D eigenvalue weighted by Crippen LogP contribution is 2.34. The van der Waals surface area contributed by atoms with Crippen LogP contribution in [-0.2, 0) is 23.3 Å². The Hall–Kier alpha value is -4.34. The second-order valence-corrected chi connectivity index (χ2v) is 10.5. The average molecular weight is 580 g/mol. The van der Waals surface area contributed by atoms with Crippen molar-refractivity contribution in [2.24, 2.45) is 0 Å². The monoisotopic (exact) mass is 579 g/mol. The van der Waals surface area contributed by atoms with Gasteiger partial charge in [-0.05, 0) is 59.7 Å². The van der Waals surface area contributed by atoms with Gasteiger partial charge in [-0.3, -0.25) is 14.9 Å². The molecule has 1 saturated heterocycles. The summed E-state index contributed by atoms with van der Waals surface area (Å²) in [5, 5.41) is 27.6. The molecule has 0 spiro atoms. The zero-order valence-corrected chi connectivity index (χ0v) is 24.0. The summed E-state index contributed by atoms with van der Waals surface area (Å²) in [5.41, 5.74) is 5.91. The molecule has 0 atom stereocenters. The van der Waals surface area contributed by atoms with Crippen LogP contribution >= 0.6 is 0 Å². The van der Waals surface area contributed by atoms with Gasteiger partial charge in [-0.15, -0.1) is 0 Å². The van der Waals surface area contributed by atoms with E-state index in [-0.39, 0.29) is 37.6 Å². The molecule has 8 nitrogen and oxygen atoms in total. The van der Waals surface area contributed by atoms with Gasteiger partial charge in [-0.25, -0.2) is 0 Å². The maximum atomic E-state index is 12.9. The number of hydrogen-bond acceptors (Lipinski definition) is 8. The van der Waals surface area contributed by atoms with Gasteiger partial charge in [-0.1, -0.05) is 48.5 Å². The van der Waals surface area contributed by atoms with E-state index in [1.54, 1.807) is 24.3 Å². The quantitative estimate of drug-likeness (QED) is 0.141. The first-order valence-electron chi connectivity index (χ1n) is 14.5. The SMILES string of the molecule is O=C(Cc1ccc(C2(c3ccc(CC(=O)c4ccc(NCCO)cc4)cc3)NCCO2)cc1)c1ccc(NCCO)cc1. The molecule has 0 bridgehead atoms. The van der Waals surface area contributed by atoms with Gasteiger partial charge in [0.2, 0.25) is 0 Å². The molecule has 0 saturated carbocycles. The van der Waals surface area contributed by atoms with Crippen molar-refractivity contribution < 1.29 is 24.5 Å². The van der Waals surface area contributed by atoms with Gasteiger partial charge in [0.15, 0.2) is 17.3 Å². The van der Waals surface area contributed by atoms with Crippen LogP contribution in [0.15, 0.2) is 97.1 Å². The average Bonchev–Trinajstić information content (AvgIpc) is 3.55. The fourth-order valence-electron chi connectivity index (χ4n) is 5.26. The van der Waals surface area contributed by atoms with Crippen molar-refractivity contribution in [3.05, 3.63) is 130 Å². The number of ketones is 2. The largest absolute Gasteiger partial charge is 0.395 e. The summed E-state index contributed by atoms with van der Waals surface area (Å²) in [6, 6.07) is 30.4. The second kappa shape index (κ2) is 14.2. The molecule has 1 aliphatic heterocycles. The van der Waals surface area contributed by atoms with Crippen LogP contribution in [0.1, 0.15) is 43.0 Å². The summed E-state index contributed by atoms with van der Waals surface area (Å²) >= 11 is 0. The zero-order chi connectivity index (χ0) is 30.1. The summed E-state index contributed by atoms with van der Waals surface area (Å²) in [6.45, 7) is 2.29. The molecule has 0 amide bonds. The van der Waals surface area contributed by atoms with Crippen LogP contribution in [0.5, 0.6) is 0 Å². The molecule has 0 radical (unpaired) electrons. The fraction of sp³-hybridized carbons (Fsp3) is 0.257. The zero-order valence-electron chi connectivity index (χ0n) is 24.0. The molecule has 0 aliphatic carbocycles. The Morgan fingerprint density at radius 1 is 0.651 bits per heavy atom. The Labute approximate surface area is 251 Å². The van der Waals surface area contributed by atoms with Crippen molar-refractivity contribution in [1.29, 1.82) is 0 Å². The lowest BCUT2D eigenvalue weighted by Crippen LogP contribution is -2.39. The normalized spacial score (nSPS) is 13.9. The van der Waals surface area contributed by atoms with Crippen molar-refractivity contribution >= 4 is 22.9 Å². The van der Waals surface area contributed by atoms with E-state index >= 15 is 0 Å². The van der Waals surface area contributed by atoms with E-state index in [4.69, 9.17) is 14.9 Å². The van der Waals surface area contributed by atoms with Gasteiger partial charge in [0.25, 0.3) is 0 Å². The molecular weight excluding hydrogens is 542 g/mol. The van der Waals surface area contributed by atoms with Gasteiger partial charge in [-0.2, -0.15) is 0 Å². The predicted molar refractivity (Wildman–Crippen MR) is 168 cm³/mol. The van der Waals surface area contributed by atoms with E-state index < -0.39 is 5.72 Å². The highest BCUT2D eigenvalue weighted by molar-refractivity contribution is 5.98. The van der Waals surface area contributed by atoms with E-state index in [1.165, 1.54) is 0 Å². The summed E-state index contributed by atoms with van der Waals surface area (Å²) in [7, 11) is 0. The van der Waals surface area contributed by atoms with Gasteiger partial charge in [0.05, 0.1) is 19.8 Å². The number of ether oxygens (including phenoxy) is 1. The van der Waals surface area contributed by atoms with Crippen LogP contribution in [-0.4, -0.2) is 61.2 Å². The number of aliphatic hydroxyl groups is 2. The van der Waals surface area contributed by atoms with Crippen molar-refractivity contribution in [3.8, 4) is 0 Å². The number of Topliss-reactive ketones (excluding diaryl/α,β-unsaturated/α-hetero) is 2. The van der Waals surface area contributed by atoms with Crippen molar-refractivity contribution in [3.63, 3.8) is 0 Å². The molecule has 1 aliphatic rings. The number of anilines is 2. The highest BCUT2D eigenvalue weighted by atomic mass is 16.5. The van der Waals surface area contributed by atoms with Crippen molar-refractivity contribution in [2.75, 3.05) is 50.1 Å². The predicted octanol–water partition coefficient (Wildman–Crippen LogP) is 4.17. The summed E-state index contributed by atoms with van der Waals surface area (Å²) in [5.74, 6) is 0.0664. The first-order valence-corrected chi connectivity index (χ1v) is 14.5. The lowest BCUT2D eigenvalue weighted by Gasteiger charge is -2.30. The molecule has 8 heteroatoms. The summed E-state index contributed by atoms with van der Waals surface area (Å²) in [4.78, 5) is 25.8. The number of carbonyl (C=O) groups is 2. The van der Waals surface area contributed by atoms with E-state index in [9.17, 15) is 9.59 Å². The third kappa shape index (κ3) is 7.36. The van der Waals surface area contributed by atoms with Crippen LogP contribution < -0.4 is 16.0 Å². The van der Waals surface area contributed by atoms with Gasteiger partial charge >= 0.3 is 0 Å². The topological polar surface area (TPSA) is 120 Å². The maximum absolute atomic E-state index is 12.9.